The molecule has 3 nitrogen and oxygen atoms in total. The van der Waals surface area contributed by atoms with Crippen LogP contribution in [-0.2, 0) is 0 Å². The minimum absolute atomic E-state index is 0. The number of hydrazine groups is 1. The van der Waals surface area contributed by atoms with E-state index in [0.717, 1.165) is 26.2 Å². The molecule has 0 radical (unpaired) electrons. The third kappa shape index (κ3) is 5.26. The van der Waals surface area contributed by atoms with Crippen LogP contribution in [0, 0.1) is 0 Å². The maximum absolute atomic E-state index is 3.09. The van der Waals surface area contributed by atoms with E-state index >= 15 is 0 Å². The Balaban J connectivity index is 0. The van der Waals surface area contributed by atoms with Crippen LogP contribution in [0.1, 0.15) is 0 Å². The Bertz CT molecular complexity index is 63.9. The molecular formula is C5H15Cl2N3. The van der Waals surface area contributed by atoms with Gasteiger partial charge in [0.15, 0.2) is 0 Å². The summed E-state index contributed by atoms with van der Waals surface area (Å²) in [6.45, 7) is 4.40. The van der Waals surface area contributed by atoms with E-state index in [0.29, 0.717) is 0 Å². The zero-order chi connectivity index (χ0) is 5.82. The maximum Gasteiger partial charge on any atom is 0.0228 e. The van der Waals surface area contributed by atoms with Crippen LogP contribution in [0.25, 0.3) is 0 Å². The van der Waals surface area contributed by atoms with Gasteiger partial charge in [-0.3, -0.25) is 10.9 Å². The quantitative estimate of drug-likeness (QED) is 0.554. The Morgan fingerprint density at radius 2 is 1.40 bits per heavy atom. The van der Waals surface area contributed by atoms with E-state index in [1.54, 1.807) is 0 Å². The highest BCUT2D eigenvalue weighted by Crippen LogP contribution is 1.80. The molecule has 1 heterocycles. The molecule has 0 aliphatic carbocycles. The summed E-state index contributed by atoms with van der Waals surface area (Å²) < 4.78 is 0. The first-order chi connectivity index (χ1) is 3.89. The van der Waals surface area contributed by atoms with Crippen LogP contribution in [0.15, 0.2) is 0 Å². The zero-order valence-corrected chi connectivity index (χ0v) is 7.73. The summed E-state index contributed by atoms with van der Waals surface area (Å²) >= 11 is 0. The molecule has 1 aliphatic heterocycles. The zero-order valence-electron chi connectivity index (χ0n) is 6.09. The van der Waals surface area contributed by atoms with Crippen LogP contribution < -0.4 is 10.9 Å². The first-order valence-corrected chi connectivity index (χ1v) is 3.04. The molecule has 1 saturated heterocycles. The Kier molecular flexibility index (Phi) is 9.90. The van der Waals surface area contributed by atoms with Crippen molar-refractivity contribution in [2.24, 2.45) is 0 Å². The summed E-state index contributed by atoms with van der Waals surface area (Å²) in [5.74, 6) is 0. The monoisotopic (exact) mass is 187 g/mol. The first-order valence-electron chi connectivity index (χ1n) is 3.04. The second-order valence-electron chi connectivity index (χ2n) is 2.16. The van der Waals surface area contributed by atoms with Gasteiger partial charge in [-0.15, -0.1) is 24.8 Å². The third-order valence-corrected chi connectivity index (χ3v) is 1.36. The van der Waals surface area contributed by atoms with Crippen molar-refractivity contribution < 1.29 is 0 Å². The molecule has 2 N–H and O–H groups in total. The highest BCUT2D eigenvalue weighted by Gasteiger charge is 1.99. The Hall–Kier alpha value is 0.460. The van der Waals surface area contributed by atoms with Gasteiger partial charge in [-0.25, -0.2) is 0 Å². The molecule has 0 bridgehead atoms. The first kappa shape index (κ1) is 13.1. The molecule has 0 aromatic rings. The Morgan fingerprint density at radius 1 is 1.00 bits per heavy atom. The van der Waals surface area contributed by atoms with Gasteiger partial charge in [0.25, 0.3) is 0 Å². The van der Waals surface area contributed by atoms with E-state index in [1.807, 2.05) is 0 Å². The highest BCUT2D eigenvalue weighted by atomic mass is 35.5. The van der Waals surface area contributed by atoms with Crippen LogP contribution in [0.4, 0.5) is 0 Å². The number of rotatable bonds is 0. The van der Waals surface area contributed by atoms with Gasteiger partial charge in [0.2, 0.25) is 0 Å². The molecule has 0 aromatic heterocycles. The lowest BCUT2D eigenvalue weighted by Crippen LogP contribution is -2.32. The summed E-state index contributed by atoms with van der Waals surface area (Å²) in [7, 11) is 2.13. The largest absolute Gasteiger partial charge is 0.304 e. The van der Waals surface area contributed by atoms with Crippen molar-refractivity contribution in [2.45, 2.75) is 0 Å². The van der Waals surface area contributed by atoms with Gasteiger partial charge in [0.05, 0.1) is 0 Å². The fourth-order valence-corrected chi connectivity index (χ4v) is 0.782. The third-order valence-electron chi connectivity index (χ3n) is 1.36. The van der Waals surface area contributed by atoms with Crippen molar-refractivity contribution in [1.29, 1.82) is 0 Å². The van der Waals surface area contributed by atoms with Crippen LogP contribution in [0.3, 0.4) is 0 Å². The summed E-state index contributed by atoms with van der Waals surface area (Å²) in [5, 5.41) is 0. The van der Waals surface area contributed by atoms with E-state index in [-0.39, 0.29) is 24.8 Å². The van der Waals surface area contributed by atoms with Gasteiger partial charge in [0, 0.05) is 26.2 Å². The molecule has 1 aliphatic rings. The number of nitrogens with one attached hydrogen (secondary N) is 2. The van der Waals surface area contributed by atoms with Crippen molar-refractivity contribution in [2.75, 3.05) is 33.2 Å². The predicted octanol–water partition coefficient (Wildman–Crippen LogP) is -0.130. The lowest BCUT2D eigenvalue weighted by molar-refractivity contribution is 0.366. The molecular weight excluding hydrogens is 173 g/mol. The molecule has 0 saturated carbocycles. The lowest BCUT2D eigenvalue weighted by Gasteiger charge is -2.09. The van der Waals surface area contributed by atoms with Crippen molar-refractivity contribution in [3.05, 3.63) is 0 Å². The maximum atomic E-state index is 3.09. The molecule has 5 heteroatoms. The number of hydrogen-bond donors (Lipinski definition) is 2. The van der Waals surface area contributed by atoms with Crippen molar-refractivity contribution >= 4 is 24.8 Å². The predicted molar refractivity (Wildman–Crippen MR) is 48.0 cm³/mol. The van der Waals surface area contributed by atoms with E-state index in [2.05, 4.69) is 22.8 Å². The van der Waals surface area contributed by atoms with Crippen LogP contribution in [0.5, 0.6) is 0 Å². The molecule has 10 heavy (non-hydrogen) atoms. The molecule has 0 amide bonds. The van der Waals surface area contributed by atoms with E-state index in [1.165, 1.54) is 0 Å². The fraction of sp³-hybridized carbons (Fsp3) is 1.00. The van der Waals surface area contributed by atoms with Crippen LogP contribution in [-0.4, -0.2) is 38.1 Å². The minimum atomic E-state index is 0. The molecule has 0 unspecified atom stereocenters. The number of likely N-dealkylation sites (N-methyl/N-ethyl adjacent to an activating group) is 1. The Morgan fingerprint density at radius 3 is 1.80 bits per heavy atom. The molecule has 0 atom stereocenters. The lowest BCUT2D eigenvalue weighted by atomic mass is 10.5. The number of hydrogen-bond acceptors (Lipinski definition) is 3. The van der Waals surface area contributed by atoms with Gasteiger partial charge in [-0.2, -0.15) is 0 Å². The smallest absolute Gasteiger partial charge is 0.0228 e. The van der Waals surface area contributed by atoms with Crippen molar-refractivity contribution in [3.8, 4) is 0 Å². The van der Waals surface area contributed by atoms with E-state index in [4.69, 9.17) is 0 Å². The second kappa shape index (κ2) is 7.57. The fourth-order valence-electron chi connectivity index (χ4n) is 0.782. The van der Waals surface area contributed by atoms with Gasteiger partial charge in [0.1, 0.15) is 0 Å². The highest BCUT2D eigenvalue weighted by molar-refractivity contribution is 5.85. The molecule has 1 rings (SSSR count). The number of nitrogens with zero attached hydrogens (tertiary/aromatic N) is 1. The van der Waals surface area contributed by atoms with Gasteiger partial charge < -0.3 is 4.90 Å². The Labute approximate surface area is 74.3 Å². The molecule has 1 fully saturated rings. The summed E-state index contributed by atoms with van der Waals surface area (Å²) in [5.41, 5.74) is 6.17. The normalized spacial score (nSPS) is 20.1. The number of halogens is 2. The van der Waals surface area contributed by atoms with Gasteiger partial charge in [-0.1, -0.05) is 0 Å². The van der Waals surface area contributed by atoms with Crippen molar-refractivity contribution in [1.82, 2.24) is 15.8 Å². The van der Waals surface area contributed by atoms with E-state index in [9.17, 15) is 0 Å². The van der Waals surface area contributed by atoms with Gasteiger partial charge >= 0.3 is 0 Å². The topological polar surface area (TPSA) is 27.3 Å². The second-order valence-corrected chi connectivity index (χ2v) is 2.16. The average Bonchev–Trinajstić information content (AvgIpc) is 1.94. The van der Waals surface area contributed by atoms with Crippen molar-refractivity contribution in [3.63, 3.8) is 0 Å². The minimum Gasteiger partial charge on any atom is -0.304 e. The average molecular weight is 188 g/mol. The SMILES string of the molecule is CN1CCNNCC1.Cl.Cl. The summed E-state index contributed by atoms with van der Waals surface area (Å²) in [6.07, 6.45) is 0. The van der Waals surface area contributed by atoms with E-state index < -0.39 is 0 Å². The standard InChI is InChI=1S/C5H13N3.2ClH/c1-8-4-2-6-7-3-5-8;;/h6-7H,2-5H2,1H3;2*1H. The molecule has 0 spiro atoms. The molecule has 0 aromatic carbocycles. The summed E-state index contributed by atoms with van der Waals surface area (Å²) in [4.78, 5) is 2.30. The summed E-state index contributed by atoms with van der Waals surface area (Å²) in [6, 6.07) is 0. The molecule has 64 valence electrons. The van der Waals surface area contributed by atoms with Crippen LogP contribution in [0.2, 0.25) is 0 Å². The van der Waals surface area contributed by atoms with Gasteiger partial charge in [-0.05, 0) is 7.05 Å². The van der Waals surface area contributed by atoms with Crippen LogP contribution >= 0.6 is 24.8 Å².